The van der Waals surface area contributed by atoms with Crippen LogP contribution in [0.25, 0.3) is 11.1 Å². The molecule has 5 heteroatoms. The molecule has 2 aromatic heterocycles. The predicted octanol–water partition coefficient (Wildman–Crippen LogP) is 4.81. The van der Waals surface area contributed by atoms with E-state index in [1.54, 1.807) is 30.5 Å². The molecule has 0 unspecified atom stereocenters. The topological polar surface area (TPSA) is 67.3 Å². The maximum atomic E-state index is 12.2. The number of amides is 1. The Hall–Kier alpha value is -3.47. The Labute approximate surface area is 137 Å². The first kappa shape index (κ1) is 14.1. The first-order chi connectivity index (χ1) is 11.8. The summed E-state index contributed by atoms with van der Waals surface area (Å²) in [6, 6.07) is 20.2. The lowest BCUT2D eigenvalue weighted by Gasteiger charge is -2.07. The zero-order chi connectivity index (χ0) is 16.4. The van der Waals surface area contributed by atoms with Crippen molar-refractivity contribution in [2.45, 2.75) is 0 Å². The van der Waals surface area contributed by atoms with Gasteiger partial charge in [0.2, 0.25) is 0 Å². The molecule has 2 N–H and O–H groups in total. The normalized spacial score (nSPS) is 10.7. The van der Waals surface area contributed by atoms with E-state index in [1.165, 1.54) is 0 Å². The molecular formula is C19H14N2O3. The number of carbonyl (C=O) groups is 1. The number of fused-ring (bicyclic) bond motifs is 1. The van der Waals surface area contributed by atoms with E-state index in [0.29, 0.717) is 22.7 Å². The fourth-order valence-electron chi connectivity index (χ4n) is 2.40. The van der Waals surface area contributed by atoms with Gasteiger partial charge < -0.3 is 19.5 Å². The Morgan fingerprint density at radius 3 is 2.46 bits per heavy atom. The summed E-state index contributed by atoms with van der Waals surface area (Å²) in [5, 5.41) is 2.83. The highest BCUT2D eigenvalue weighted by molar-refractivity contribution is 6.05. The van der Waals surface area contributed by atoms with Gasteiger partial charge in [-0.15, -0.1) is 0 Å². The van der Waals surface area contributed by atoms with E-state index >= 15 is 0 Å². The molecule has 4 aromatic rings. The van der Waals surface area contributed by atoms with Gasteiger partial charge in [0.25, 0.3) is 5.91 Å². The van der Waals surface area contributed by atoms with E-state index in [-0.39, 0.29) is 5.91 Å². The third-order valence-electron chi connectivity index (χ3n) is 3.58. The predicted molar refractivity (Wildman–Crippen MR) is 91.5 cm³/mol. The molecule has 0 radical (unpaired) electrons. The van der Waals surface area contributed by atoms with Crippen molar-refractivity contribution in [1.82, 2.24) is 4.98 Å². The first-order valence-corrected chi connectivity index (χ1v) is 7.48. The second kappa shape index (κ2) is 5.96. The van der Waals surface area contributed by atoms with E-state index in [1.807, 2.05) is 42.5 Å². The molecule has 0 aliphatic rings. The molecule has 1 amide bonds. The van der Waals surface area contributed by atoms with Gasteiger partial charge in [-0.2, -0.15) is 0 Å². The monoisotopic (exact) mass is 318 g/mol. The van der Waals surface area contributed by atoms with Crippen molar-refractivity contribution in [3.05, 3.63) is 78.7 Å². The van der Waals surface area contributed by atoms with Crippen molar-refractivity contribution >= 4 is 22.7 Å². The first-order valence-electron chi connectivity index (χ1n) is 7.48. The lowest BCUT2D eigenvalue weighted by Crippen LogP contribution is -2.12. The number of para-hydroxylation sites is 1. The summed E-state index contributed by atoms with van der Waals surface area (Å²) < 4.78 is 11.0. The van der Waals surface area contributed by atoms with E-state index in [2.05, 4.69) is 10.3 Å². The molecule has 0 saturated heterocycles. The number of hydrogen-bond donors (Lipinski definition) is 2. The van der Waals surface area contributed by atoms with Gasteiger partial charge >= 0.3 is 0 Å². The third-order valence-corrected chi connectivity index (χ3v) is 3.58. The minimum atomic E-state index is -0.224. The van der Waals surface area contributed by atoms with E-state index in [9.17, 15) is 4.79 Å². The quantitative estimate of drug-likeness (QED) is 0.567. The van der Waals surface area contributed by atoms with Crippen molar-refractivity contribution in [3.63, 3.8) is 0 Å². The summed E-state index contributed by atoms with van der Waals surface area (Å²) in [5.74, 6) is 1.25. The molecule has 0 aliphatic heterocycles. The molecule has 2 aromatic carbocycles. The molecule has 0 saturated carbocycles. The van der Waals surface area contributed by atoms with E-state index in [4.69, 9.17) is 9.15 Å². The molecular weight excluding hydrogens is 304 g/mol. The van der Waals surface area contributed by atoms with Crippen LogP contribution in [0.15, 0.2) is 77.4 Å². The van der Waals surface area contributed by atoms with Crippen molar-refractivity contribution in [2.75, 3.05) is 5.32 Å². The van der Waals surface area contributed by atoms with Crippen LogP contribution in [0.2, 0.25) is 0 Å². The zero-order valence-corrected chi connectivity index (χ0v) is 12.7. The number of ether oxygens (including phenoxy) is 1. The van der Waals surface area contributed by atoms with Crippen LogP contribution in [-0.4, -0.2) is 10.9 Å². The fourth-order valence-corrected chi connectivity index (χ4v) is 2.40. The Balaban J connectivity index is 1.45. The van der Waals surface area contributed by atoms with Gasteiger partial charge in [-0.3, -0.25) is 4.79 Å². The maximum Gasteiger partial charge on any atom is 0.272 e. The SMILES string of the molecule is O=C(Nc1ccc(Oc2ccccc2)cc1)c1cc2occc2[nH]1. The van der Waals surface area contributed by atoms with Gasteiger partial charge in [0.05, 0.1) is 11.8 Å². The maximum absolute atomic E-state index is 12.2. The summed E-state index contributed by atoms with van der Waals surface area (Å²) in [7, 11) is 0. The standard InChI is InChI=1S/C19H14N2O3/c22-19(17-12-18-16(21-17)10-11-23-18)20-13-6-8-15(9-7-13)24-14-4-2-1-3-5-14/h1-12,21H,(H,20,22). The van der Waals surface area contributed by atoms with Crippen molar-refractivity contribution in [1.29, 1.82) is 0 Å². The number of anilines is 1. The van der Waals surface area contributed by atoms with Crippen molar-refractivity contribution < 1.29 is 13.9 Å². The van der Waals surface area contributed by atoms with Gasteiger partial charge in [-0.05, 0) is 36.4 Å². The number of carbonyl (C=O) groups excluding carboxylic acids is 1. The highest BCUT2D eigenvalue weighted by Crippen LogP contribution is 2.23. The number of aromatic nitrogens is 1. The van der Waals surface area contributed by atoms with E-state index < -0.39 is 0 Å². The minimum Gasteiger partial charge on any atom is -0.463 e. The molecule has 24 heavy (non-hydrogen) atoms. The summed E-state index contributed by atoms with van der Waals surface area (Å²) >= 11 is 0. The smallest absolute Gasteiger partial charge is 0.272 e. The molecule has 0 fully saturated rings. The van der Waals surface area contributed by atoms with Gasteiger partial charge in [0.1, 0.15) is 17.2 Å². The number of H-pyrrole nitrogens is 1. The summed E-state index contributed by atoms with van der Waals surface area (Å²) in [6.45, 7) is 0. The number of furan rings is 1. The second-order valence-electron chi connectivity index (χ2n) is 5.28. The highest BCUT2D eigenvalue weighted by Gasteiger charge is 2.11. The summed E-state index contributed by atoms with van der Waals surface area (Å²) in [5.41, 5.74) is 2.60. The minimum absolute atomic E-state index is 0.224. The van der Waals surface area contributed by atoms with Crippen LogP contribution >= 0.6 is 0 Å². The number of hydrogen-bond acceptors (Lipinski definition) is 3. The number of benzene rings is 2. The number of nitrogens with one attached hydrogen (secondary N) is 2. The van der Waals surface area contributed by atoms with Gasteiger partial charge in [-0.25, -0.2) is 0 Å². The summed E-state index contributed by atoms with van der Waals surface area (Å²) in [6.07, 6.45) is 1.58. The van der Waals surface area contributed by atoms with Crippen LogP contribution < -0.4 is 10.1 Å². The zero-order valence-electron chi connectivity index (χ0n) is 12.7. The van der Waals surface area contributed by atoms with E-state index in [0.717, 1.165) is 11.3 Å². The van der Waals surface area contributed by atoms with Crippen LogP contribution in [0, 0.1) is 0 Å². The van der Waals surface area contributed by atoms with Gasteiger partial charge in [0, 0.05) is 17.8 Å². The second-order valence-corrected chi connectivity index (χ2v) is 5.28. The molecule has 118 valence electrons. The lowest BCUT2D eigenvalue weighted by atomic mass is 10.3. The molecule has 5 nitrogen and oxygen atoms in total. The molecule has 4 rings (SSSR count). The molecule has 0 spiro atoms. The Bertz CT molecular complexity index is 940. The lowest BCUT2D eigenvalue weighted by molar-refractivity contribution is 0.102. The third kappa shape index (κ3) is 2.87. The van der Waals surface area contributed by atoms with Gasteiger partial charge in [0.15, 0.2) is 5.58 Å². The Kier molecular flexibility index (Phi) is 3.51. The van der Waals surface area contributed by atoms with Crippen LogP contribution in [-0.2, 0) is 0 Å². The molecule has 0 atom stereocenters. The van der Waals surface area contributed by atoms with Crippen LogP contribution in [0.5, 0.6) is 11.5 Å². The highest BCUT2D eigenvalue weighted by atomic mass is 16.5. The average Bonchev–Trinajstić information content (AvgIpc) is 3.19. The largest absolute Gasteiger partial charge is 0.463 e. The number of rotatable bonds is 4. The van der Waals surface area contributed by atoms with Crippen LogP contribution in [0.3, 0.4) is 0 Å². The van der Waals surface area contributed by atoms with Crippen molar-refractivity contribution in [3.8, 4) is 11.5 Å². The van der Waals surface area contributed by atoms with Crippen molar-refractivity contribution in [2.24, 2.45) is 0 Å². The molecule has 0 bridgehead atoms. The summed E-state index contributed by atoms with van der Waals surface area (Å²) in [4.78, 5) is 15.3. The fraction of sp³-hybridized carbons (Fsp3) is 0. The average molecular weight is 318 g/mol. The number of aromatic amines is 1. The Morgan fingerprint density at radius 1 is 0.958 bits per heavy atom. The van der Waals surface area contributed by atoms with Crippen LogP contribution in [0.4, 0.5) is 5.69 Å². The molecule has 0 aliphatic carbocycles. The van der Waals surface area contributed by atoms with Crippen LogP contribution in [0.1, 0.15) is 10.5 Å². The van der Waals surface area contributed by atoms with Gasteiger partial charge in [-0.1, -0.05) is 18.2 Å². The Morgan fingerprint density at radius 2 is 1.71 bits per heavy atom. The molecule has 2 heterocycles.